The molecule has 2 rings (SSSR count). The fourth-order valence-electron chi connectivity index (χ4n) is 1.95. The Morgan fingerprint density at radius 1 is 1.23 bits per heavy atom. The number of aryl methyl sites for hydroxylation is 1. The number of sulfonamides is 1. The third kappa shape index (κ3) is 3.00. The van der Waals surface area contributed by atoms with E-state index in [1.54, 1.807) is 31.3 Å². The highest BCUT2D eigenvalue weighted by Crippen LogP contribution is 2.12. The molecule has 0 amide bonds. The molecule has 0 saturated carbocycles. The lowest BCUT2D eigenvalue weighted by molar-refractivity contribution is 0.555. The minimum Gasteiger partial charge on any atom is -0.302 e. The zero-order valence-corrected chi connectivity index (χ0v) is 13.2. The maximum absolute atomic E-state index is 12.4. The molecule has 0 radical (unpaired) electrons. The predicted molar refractivity (Wildman–Crippen MR) is 79.9 cm³/mol. The Balaban J connectivity index is 2.44. The van der Waals surface area contributed by atoms with Crippen LogP contribution in [0.4, 0.5) is 0 Å². The van der Waals surface area contributed by atoms with Crippen molar-refractivity contribution in [3.63, 3.8) is 0 Å². The van der Waals surface area contributed by atoms with Gasteiger partial charge in [-0.3, -0.25) is 14.3 Å². The Morgan fingerprint density at radius 3 is 2.50 bits per heavy atom. The van der Waals surface area contributed by atoms with Crippen molar-refractivity contribution in [2.24, 2.45) is 14.1 Å². The lowest BCUT2D eigenvalue weighted by Crippen LogP contribution is -2.41. The molecule has 0 bridgehead atoms. The second-order valence-electron chi connectivity index (χ2n) is 4.85. The van der Waals surface area contributed by atoms with Crippen LogP contribution < -0.4 is 16.0 Å². The van der Waals surface area contributed by atoms with Crippen LogP contribution in [0, 0.1) is 0 Å². The van der Waals surface area contributed by atoms with Gasteiger partial charge in [-0.15, -0.1) is 0 Å². The van der Waals surface area contributed by atoms with Crippen LogP contribution in [-0.2, 0) is 24.1 Å². The number of pyridine rings is 1. The van der Waals surface area contributed by atoms with Gasteiger partial charge in [0.25, 0.3) is 5.56 Å². The normalized spacial score (nSPS) is 13.0. The Kier molecular flexibility index (Phi) is 4.29. The largest absolute Gasteiger partial charge is 0.330 e. The Labute approximate surface area is 127 Å². The van der Waals surface area contributed by atoms with Gasteiger partial charge in [-0.2, -0.15) is 0 Å². The number of nitrogens with one attached hydrogen (secondary N) is 1. The molecule has 0 aromatic carbocycles. The van der Waals surface area contributed by atoms with Gasteiger partial charge >= 0.3 is 5.69 Å². The highest BCUT2D eigenvalue weighted by molar-refractivity contribution is 7.89. The van der Waals surface area contributed by atoms with Crippen LogP contribution in [-0.4, -0.2) is 22.5 Å². The number of rotatable bonds is 4. The molecule has 0 aliphatic rings. The average Bonchev–Trinajstić information content (AvgIpc) is 2.49. The fourth-order valence-corrected chi connectivity index (χ4v) is 3.32. The fraction of sp³-hybridized carbons (Fsp3) is 0.308. The third-order valence-electron chi connectivity index (χ3n) is 3.17. The molecule has 0 unspecified atom stereocenters. The second-order valence-corrected chi connectivity index (χ2v) is 6.53. The minimum atomic E-state index is -4.08. The van der Waals surface area contributed by atoms with E-state index in [-0.39, 0.29) is 0 Å². The van der Waals surface area contributed by atoms with Crippen molar-refractivity contribution in [2.75, 3.05) is 0 Å². The molecule has 0 fully saturated rings. The molecule has 2 heterocycles. The zero-order valence-electron chi connectivity index (χ0n) is 12.3. The van der Waals surface area contributed by atoms with E-state index in [1.807, 2.05) is 0 Å². The topological polar surface area (TPSA) is 103 Å². The lowest BCUT2D eigenvalue weighted by Gasteiger charge is -2.14. The maximum Gasteiger partial charge on any atom is 0.330 e. The molecule has 0 spiro atoms. The molecule has 1 N–H and O–H groups in total. The first kappa shape index (κ1) is 16.1. The molecule has 22 heavy (non-hydrogen) atoms. The van der Waals surface area contributed by atoms with Gasteiger partial charge in [0.15, 0.2) is 4.90 Å². The van der Waals surface area contributed by atoms with Crippen molar-refractivity contribution < 1.29 is 8.42 Å². The summed E-state index contributed by atoms with van der Waals surface area (Å²) in [6.07, 6.45) is 2.56. The third-order valence-corrected chi connectivity index (χ3v) is 4.69. The van der Waals surface area contributed by atoms with Crippen molar-refractivity contribution in [2.45, 2.75) is 17.9 Å². The molecule has 2 aromatic rings. The smallest absolute Gasteiger partial charge is 0.302 e. The molecular weight excluding hydrogens is 308 g/mol. The summed E-state index contributed by atoms with van der Waals surface area (Å²) in [5, 5.41) is 0. The van der Waals surface area contributed by atoms with Gasteiger partial charge in [0, 0.05) is 26.5 Å². The molecular formula is C13H16N4O4S. The zero-order chi connectivity index (χ0) is 16.5. The summed E-state index contributed by atoms with van der Waals surface area (Å²) in [5.41, 5.74) is -0.946. The Hall–Kier alpha value is -2.26. The van der Waals surface area contributed by atoms with Gasteiger partial charge in [0.1, 0.15) is 0 Å². The first-order valence-corrected chi connectivity index (χ1v) is 7.92. The van der Waals surface area contributed by atoms with Crippen LogP contribution in [0.25, 0.3) is 0 Å². The van der Waals surface area contributed by atoms with Crippen molar-refractivity contribution in [1.82, 2.24) is 18.8 Å². The molecule has 0 aliphatic heterocycles. The SMILES string of the molecule is C[C@@H](NS(=O)(=O)c1cn(C)c(=O)n(C)c1=O)c1ccccn1. The van der Waals surface area contributed by atoms with Crippen LogP contribution in [0.15, 0.2) is 45.1 Å². The molecule has 118 valence electrons. The summed E-state index contributed by atoms with van der Waals surface area (Å²) in [5.74, 6) is 0. The number of hydrogen-bond donors (Lipinski definition) is 1. The molecule has 1 atom stereocenters. The number of nitrogens with zero attached hydrogens (tertiary/aromatic N) is 3. The van der Waals surface area contributed by atoms with Gasteiger partial charge in [0.2, 0.25) is 10.0 Å². The summed E-state index contributed by atoms with van der Waals surface area (Å²) in [7, 11) is -1.48. The van der Waals surface area contributed by atoms with Crippen LogP contribution in [0.3, 0.4) is 0 Å². The maximum atomic E-state index is 12.4. The van der Waals surface area contributed by atoms with Crippen molar-refractivity contribution >= 4 is 10.0 Å². The van der Waals surface area contributed by atoms with Crippen LogP contribution in [0.2, 0.25) is 0 Å². The first-order chi connectivity index (χ1) is 10.2. The van der Waals surface area contributed by atoms with Crippen LogP contribution in [0.5, 0.6) is 0 Å². The molecule has 2 aromatic heterocycles. The number of aromatic nitrogens is 3. The van der Waals surface area contributed by atoms with Gasteiger partial charge in [-0.05, 0) is 19.1 Å². The molecule has 0 aliphatic carbocycles. The summed E-state index contributed by atoms with van der Waals surface area (Å²) in [6.45, 7) is 1.62. The monoisotopic (exact) mass is 324 g/mol. The van der Waals surface area contributed by atoms with E-state index in [0.717, 1.165) is 15.3 Å². The minimum absolute atomic E-state index is 0.486. The van der Waals surface area contributed by atoms with Gasteiger partial charge < -0.3 is 4.57 Å². The lowest BCUT2D eigenvalue weighted by atomic mass is 10.2. The standard InChI is InChI=1S/C13H16N4O4S/c1-9(10-6-4-5-7-14-10)15-22(20,21)11-8-16(2)13(19)17(3)12(11)18/h4-9,15H,1-3H3/t9-/m1/s1. The number of hydrogen-bond acceptors (Lipinski definition) is 5. The van der Waals surface area contributed by atoms with E-state index in [2.05, 4.69) is 9.71 Å². The molecule has 8 nitrogen and oxygen atoms in total. The van der Waals surface area contributed by atoms with Crippen LogP contribution in [0.1, 0.15) is 18.7 Å². The van der Waals surface area contributed by atoms with E-state index in [0.29, 0.717) is 5.69 Å². The molecule has 0 saturated heterocycles. The Morgan fingerprint density at radius 2 is 1.91 bits per heavy atom. The van der Waals surface area contributed by atoms with Gasteiger partial charge in [0.05, 0.1) is 11.7 Å². The predicted octanol–water partition coefficient (Wildman–Crippen LogP) is -0.481. The average molecular weight is 324 g/mol. The summed E-state index contributed by atoms with van der Waals surface area (Å²) < 4.78 is 28.9. The van der Waals surface area contributed by atoms with E-state index in [4.69, 9.17) is 0 Å². The van der Waals surface area contributed by atoms with E-state index >= 15 is 0 Å². The summed E-state index contributed by atoms with van der Waals surface area (Å²) in [6, 6.07) is 4.51. The van der Waals surface area contributed by atoms with Crippen LogP contribution >= 0.6 is 0 Å². The van der Waals surface area contributed by atoms with E-state index in [9.17, 15) is 18.0 Å². The Bertz CT molecular complexity index is 900. The van der Waals surface area contributed by atoms with Crippen molar-refractivity contribution in [3.8, 4) is 0 Å². The van der Waals surface area contributed by atoms with E-state index < -0.39 is 32.2 Å². The summed E-state index contributed by atoms with van der Waals surface area (Å²) in [4.78, 5) is 27.2. The van der Waals surface area contributed by atoms with E-state index in [1.165, 1.54) is 14.1 Å². The van der Waals surface area contributed by atoms with Crippen molar-refractivity contribution in [3.05, 3.63) is 57.1 Å². The summed E-state index contributed by atoms with van der Waals surface area (Å²) >= 11 is 0. The van der Waals surface area contributed by atoms with Crippen molar-refractivity contribution in [1.29, 1.82) is 0 Å². The van der Waals surface area contributed by atoms with Gasteiger partial charge in [-0.25, -0.2) is 17.9 Å². The highest BCUT2D eigenvalue weighted by atomic mass is 32.2. The second kappa shape index (κ2) is 5.85. The highest BCUT2D eigenvalue weighted by Gasteiger charge is 2.24. The quantitative estimate of drug-likeness (QED) is 0.818. The first-order valence-electron chi connectivity index (χ1n) is 6.44. The molecule has 9 heteroatoms. The van der Waals surface area contributed by atoms with Gasteiger partial charge in [-0.1, -0.05) is 6.07 Å².